The Bertz CT molecular complexity index is 666. The van der Waals surface area contributed by atoms with E-state index >= 15 is 0 Å². The summed E-state index contributed by atoms with van der Waals surface area (Å²) in [6.45, 7) is 1.98. The van der Waals surface area contributed by atoms with E-state index < -0.39 is 0 Å². The zero-order chi connectivity index (χ0) is 16.2. The molecular weight excluding hydrogens is 312 g/mol. The molecule has 6 nitrogen and oxygen atoms in total. The highest BCUT2D eigenvalue weighted by Gasteiger charge is 2.24. The standard InChI is InChI=1S/C16H20N4O2S/c1-2-12-13(15(22)19-10-4-6-11(21)7-5-10)23-16(20-12)14-17-8-3-9-18-14/h3,8-11,21H,2,4-7H2,1H3,(H,19,22). The van der Waals surface area contributed by atoms with Crippen molar-refractivity contribution in [2.24, 2.45) is 0 Å². The number of thiazole rings is 1. The molecule has 0 unspecified atom stereocenters. The summed E-state index contributed by atoms with van der Waals surface area (Å²) in [6, 6.07) is 1.89. The molecule has 2 aromatic heterocycles. The van der Waals surface area contributed by atoms with Crippen LogP contribution < -0.4 is 5.32 Å². The normalized spacial score (nSPS) is 21.1. The van der Waals surface area contributed by atoms with Crippen LogP contribution in [0.2, 0.25) is 0 Å². The number of nitrogens with zero attached hydrogens (tertiary/aromatic N) is 3. The van der Waals surface area contributed by atoms with Crippen molar-refractivity contribution >= 4 is 17.2 Å². The van der Waals surface area contributed by atoms with Crippen LogP contribution in [-0.4, -0.2) is 38.1 Å². The van der Waals surface area contributed by atoms with Gasteiger partial charge < -0.3 is 10.4 Å². The Morgan fingerprint density at radius 2 is 2.00 bits per heavy atom. The molecule has 0 aliphatic heterocycles. The fourth-order valence-corrected chi connectivity index (χ4v) is 3.75. The summed E-state index contributed by atoms with van der Waals surface area (Å²) in [7, 11) is 0. The molecule has 1 fully saturated rings. The SMILES string of the molecule is CCc1nc(-c2ncccn2)sc1C(=O)NC1CCC(O)CC1. The van der Waals surface area contributed by atoms with Crippen molar-refractivity contribution in [1.82, 2.24) is 20.3 Å². The van der Waals surface area contributed by atoms with Gasteiger partial charge in [0.15, 0.2) is 10.8 Å². The molecule has 7 heteroatoms. The van der Waals surface area contributed by atoms with Crippen LogP contribution in [0.4, 0.5) is 0 Å². The maximum Gasteiger partial charge on any atom is 0.263 e. The van der Waals surface area contributed by atoms with E-state index in [1.54, 1.807) is 18.5 Å². The number of rotatable bonds is 4. The summed E-state index contributed by atoms with van der Waals surface area (Å²) in [5.41, 5.74) is 0.783. The second kappa shape index (κ2) is 7.14. The molecule has 2 aromatic rings. The van der Waals surface area contributed by atoms with Gasteiger partial charge in [-0.3, -0.25) is 4.79 Å². The van der Waals surface area contributed by atoms with E-state index in [-0.39, 0.29) is 18.1 Å². The summed E-state index contributed by atoms with van der Waals surface area (Å²) in [6.07, 6.45) is 6.94. The zero-order valence-corrected chi connectivity index (χ0v) is 13.8. The van der Waals surface area contributed by atoms with Gasteiger partial charge in [0.05, 0.1) is 11.8 Å². The Hall–Kier alpha value is -1.86. The summed E-state index contributed by atoms with van der Waals surface area (Å²) in [5, 5.41) is 13.3. The first-order valence-corrected chi connectivity index (χ1v) is 8.75. The first-order chi connectivity index (χ1) is 11.2. The summed E-state index contributed by atoms with van der Waals surface area (Å²) >= 11 is 1.34. The third kappa shape index (κ3) is 3.73. The molecule has 3 rings (SSSR count). The van der Waals surface area contributed by atoms with Crippen molar-refractivity contribution in [3.63, 3.8) is 0 Å². The number of nitrogens with one attached hydrogen (secondary N) is 1. The van der Waals surface area contributed by atoms with Crippen LogP contribution in [0.3, 0.4) is 0 Å². The Morgan fingerprint density at radius 3 is 2.65 bits per heavy atom. The lowest BCUT2D eigenvalue weighted by molar-refractivity contribution is 0.0870. The number of aryl methyl sites for hydroxylation is 1. The highest BCUT2D eigenvalue weighted by molar-refractivity contribution is 7.17. The molecule has 0 saturated heterocycles. The predicted molar refractivity (Wildman–Crippen MR) is 88.2 cm³/mol. The van der Waals surface area contributed by atoms with Crippen molar-refractivity contribution < 1.29 is 9.90 Å². The van der Waals surface area contributed by atoms with Crippen molar-refractivity contribution in [2.75, 3.05) is 0 Å². The maximum atomic E-state index is 12.6. The second-order valence-corrected chi connectivity index (χ2v) is 6.70. The molecule has 122 valence electrons. The molecule has 2 heterocycles. The summed E-state index contributed by atoms with van der Waals surface area (Å²) < 4.78 is 0. The lowest BCUT2D eigenvalue weighted by Gasteiger charge is -2.26. The first-order valence-electron chi connectivity index (χ1n) is 7.93. The Morgan fingerprint density at radius 1 is 1.30 bits per heavy atom. The monoisotopic (exact) mass is 332 g/mol. The van der Waals surface area contributed by atoms with Crippen LogP contribution in [0.5, 0.6) is 0 Å². The minimum Gasteiger partial charge on any atom is -0.393 e. The number of hydrogen-bond acceptors (Lipinski definition) is 6. The lowest BCUT2D eigenvalue weighted by Crippen LogP contribution is -2.38. The van der Waals surface area contributed by atoms with E-state index in [2.05, 4.69) is 20.3 Å². The van der Waals surface area contributed by atoms with E-state index in [0.29, 0.717) is 22.1 Å². The van der Waals surface area contributed by atoms with Crippen LogP contribution in [0, 0.1) is 0 Å². The van der Waals surface area contributed by atoms with Crippen molar-refractivity contribution in [1.29, 1.82) is 0 Å². The van der Waals surface area contributed by atoms with Gasteiger partial charge in [0.2, 0.25) is 0 Å². The third-order valence-corrected chi connectivity index (χ3v) is 5.12. The Labute approximate surface area is 139 Å². The molecule has 1 aliphatic carbocycles. The van der Waals surface area contributed by atoms with Crippen LogP contribution in [-0.2, 0) is 6.42 Å². The number of aliphatic hydroxyl groups is 1. The fourth-order valence-electron chi connectivity index (χ4n) is 2.75. The van der Waals surface area contributed by atoms with E-state index in [4.69, 9.17) is 0 Å². The maximum absolute atomic E-state index is 12.6. The molecule has 23 heavy (non-hydrogen) atoms. The minimum atomic E-state index is -0.223. The highest BCUT2D eigenvalue weighted by atomic mass is 32.1. The van der Waals surface area contributed by atoms with Gasteiger partial charge in [-0.05, 0) is 38.2 Å². The van der Waals surface area contributed by atoms with Gasteiger partial charge >= 0.3 is 0 Å². The molecule has 2 N–H and O–H groups in total. The van der Waals surface area contributed by atoms with Crippen molar-refractivity contribution in [2.45, 2.75) is 51.2 Å². The molecule has 1 aliphatic rings. The average Bonchev–Trinajstić information content (AvgIpc) is 3.02. The van der Waals surface area contributed by atoms with Gasteiger partial charge in [-0.25, -0.2) is 15.0 Å². The van der Waals surface area contributed by atoms with Crippen molar-refractivity contribution in [3.8, 4) is 10.8 Å². The van der Waals surface area contributed by atoms with Crippen molar-refractivity contribution in [3.05, 3.63) is 29.0 Å². The van der Waals surface area contributed by atoms with E-state index in [1.165, 1.54) is 11.3 Å². The van der Waals surface area contributed by atoms with Gasteiger partial charge in [0.25, 0.3) is 5.91 Å². The van der Waals surface area contributed by atoms with E-state index in [1.807, 2.05) is 6.92 Å². The number of hydrogen-bond donors (Lipinski definition) is 2. The molecule has 1 amide bonds. The number of carbonyl (C=O) groups excluding carboxylic acids is 1. The topological polar surface area (TPSA) is 88.0 Å². The lowest BCUT2D eigenvalue weighted by atomic mass is 9.93. The Kier molecular flexibility index (Phi) is 4.97. The first kappa shape index (κ1) is 16.0. The average molecular weight is 332 g/mol. The highest BCUT2D eigenvalue weighted by Crippen LogP contribution is 2.27. The van der Waals surface area contributed by atoms with Gasteiger partial charge in [0.1, 0.15) is 4.88 Å². The molecule has 0 atom stereocenters. The van der Waals surface area contributed by atoms with Gasteiger partial charge in [0, 0.05) is 18.4 Å². The van der Waals surface area contributed by atoms with E-state index in [9.17, 15) is 9.90 Å². The zero-order valence-electron chi connectivity index (χ0n) is 13.0. The molecule has 0 aromatic carbocycles. The van der Waals surface area contributed by atoms with Crippen LogP contribution >= 0.6 is 11.3 Å². The minimum absolute atomic E-state index is 0.0806. The largest absolute Gasteiger partial charge is 0.393 e. The quantitative estimate of drug-likeness (QED) is 0.896. The number of aliphatic hydroxyl groups excluding tert-OH is 1. The van der Waals surface area contributed by atoms with Gasteiger partial charge in [-0.1, -0.05) is 6.92 Å². The number of amides is 1. The van der Waals surface area contributed by atoms with Crippen LogP contribution in [0.25, 0.3) is 10.8 Å². The summed E-state index contributed by atoms with van der Waals surface area (Å²) in [5.74, 6) is 0.468. The van der Waals surface area contributed by atoms with E-state index in [0.717, 1.165) is 31.4 Å². The fraction of sp³-hybridized carbons (Fsp3) is 0.500. The smallest absolute Gasteiger partial charge is 0.263 e. The third-order valence-electron chi connectivity index (χ3n) is 4.03. The van der Waals surface area contributed by atoms with Crippen LogP contribution in [0.15, 0.2) is 18.5 Å². The summed E-state index contributed by atoms with van der Waals surface area (Å²) in [4.78, 5) is 26.1. The second-order valence-electron chi connectivity index (χ2n) is 5.70. The molecule has 0 spiro atoms. The molecule has 0 bridgehead atoms. The van der Waals surface area contributed by atoms with Gasteiger partial charge in [-0.2, -0.15) is 0 Å². The molecular formula is C16H20N4O2S. The number of carbonyl (C=O) groups is 1. The molecule has 1 saturated carbocycles. The van der Waals surface area contributed by atoms with Gasteiger partial charge in [-0.15, -0.1) is 11.3 Å². The van der Waals surface area contributed by atoms with Crippen LogP contribution in [0.1, 0.15) is 48.0 Å². The predicted octanol–water partition coefficient (Wildman–Crippen LogP) is 2.20. The molecule has 0 radical (unpaired) electrons. The number of aromatic nitrogens is 3. The Balaban J connectivity index is 1.76.